The Morgan fingerprint density at radius 1 is 1.18 bits per heavy atom. The number of rotatable bonds is 1. The largest absolute Gasteiger partial charge is 0.508 e. The smallest absolute Gasteiger partial charge is 0.249 e. The Hall–Kier alpha value is -2.30. The zero-order chi connectivity index (χ0) is 15.3. The molecule has 5 nitrogen and oxygen atoms in total. The first kappa shape index (κ1) is 13.4. The fraction of sp³-hybridized carbons (Fsp3) is 0.412. The Kier molecular flexibility index (Phi) is 2.96. The lowest BCUT2D eigenvalue weighted by molar-refractivity contribution is -0.136. The Bertz CT molecular complexity index is 702. The summed E-state index contributed by atoms with van der Waals surface area (Å²) in [4.78, 5) is 25.7. The van der Waals surface area contributed by atoms with Gasteiger partial charge in [0.25, 0.3) is 0 Å². The molecule has 114 valence electrons. The van der Waals surface area contributed by atoms with E-state index in [1.165, 1.54) is 12.0 Å². The van der Waals surface area contributed by atoms with Gasteiger partial charge in [-0.3, -0.25) is 14.9 Å². The van der Waals surface area contributed by atoms with Gasteiger partial charge in [-0.05, 0) is 49.0 Å². The van der Waals surface area contributed by atoms with Crippen molar-refractivity contribution in [3.8, 4) is 5.75 Å². The summed E-state index contributed by atoms with van der Waals surface area (Å²) >= 11 is 0. The summed E-state index contributed by atoms with van der Waals surface area (Å²) < 4.78 is 0. The molecule has 1 saturated heterocycles. The van der Waals surface area contributed by atoms with Crippen LogP contribution >= 0.6 is 0 Å². The Balaban J connectivity index is 1.75. The van der Waals surface area contributed by atoms with Gasteiger partial charge in [0.15, 0.2) is 0 Å². The molecule has 22 heavy (non-hydrogen) atoms. The van der Waals surface area contributed by atoms with E-state index in [9.17, 15) is 14.7 Å². The number of phenolic OH excluding ortho intramolecular Hbond substituents is 1. The van der Waals surface area contributed by atoms with Gasteiger partial charge in [-0.2, -0.15) is 0 Å². The van der Waals surface area contributed by atoms with Gasteiger partial charge < -0.3 is 10.0 Å². The highest BCUT2D eigenvalue weighted by atomic mass is 16.3. The molecule has 0 bridgehead atoms. The lowest BCUT2D eigenvalue weighted by Gasteiger charge is -2.35. The minimum Gasteiger partial charge on any atom is -0.508 e. The van der Waals surface area contributed by atoms with Gasteiger partial charge in [-0.25, -0.2) is 0 Å². The van der Waals surface area contributed by atoms with Gasteiger partial charge in [-0.15, -0.1) is 0 Å². The number of piperidine rings is 1. The molecule has 1 aromatic carbocycles. The van der Waals surface area contributed by atoms with Crippen LogP contribution in [0.5, 0.6) is 5.75 Å². The van der Waals surface area contributed by atoms with Crippen molar-refractivity contribution in [1.82, 2.24) is 10.2 Å². The number of carbonyl (C=O) groups excluding carboxylic acids is 2. The van der Waals surface area contributed by atoms with Crippen molar-refractivity contribution >= 4 is 17.5 Å². The first-order valence-corrected chi connectivity index (χ1v) is 7.78. The van der Waals surface area contributed by atoms with Crippen molar-refractivity contribution in [2.75, 3.05) is 0 Å². The first-order valence-electron chi connectivity index (χ1n) is 7.78. The topological polar surface area (TPSA) is 69.6 Å². The lowest BCUT2D eigenvalue weighted by Crippen LogP contribution is -2.50. The van der Waals surface area contributed by atoms with Crippen LogP contribution in [0.15, 0.2) is 23.8 Å². The number of nitrogens with one attached hydrogen (secondary N) is 1. The van der Waals surface area contributed by atoms with Gasteiger partial charge in [-0.1, -0.05) is 6.07 Å². The summed E-state index contributed by atoms with van der Waals surface area (Å²) in [7, 11) is 0. The quantitative estimate of drug-likeness (QED) is 0.777. The minimum absolute atomic E-state index is 0.187. The van der Waals surface area contributed by atoms with Gasteiger partial charge in [0, 0.05) is 24.2 Å². The van der Waals surface area contributed by atoms with Crippen LogP contribution < -0.4 is 5.32 Å². The zero-order valence-corrected chi connectivity index (χ0v) is 12.3. The molecular formula is C17H18N2O3. The number of carbonyl (C=O) groups is 2. The van der Waals surface area contributed by atoms with E-state index < -0.39 is 0 Å². The summed E-state index contributed by atoms with van der Waals surface area (Å²) in [5, 5.41) is 12.3. The molecule has 3 aliphatic rings. The highest BCUT2D eigenvalue weighted by Crippen LogP contribution is 2.44. The molecule has 2 fully saturated rings. The third kappa shape index (κ3) is 2.00. The SMILES string of the molecule is O=C1CCC(N2Cc3ccc(O)cc3C2=C2CCC2)C(=O)N1. The van der Waals surface area contributed by atoms with Gasteiger partial charge in [0.05, 0.1) is 0 Å². The Morgan fingerprint density at radius 3 is 2.68 bits per heavy atom. The van der Waals surface area contributed by atoms with Crippen molar-refractivity contribution in [2.45, 2.75) is 44.7 Å². The normalized spacial score (nSPS) is 24.2. The van der Waals surface area contributed by atoms with Crippen molar-refractivity contribution in [3.05, 3.63) is 34.9 Å². The molecule has 1 saturated carbocycles. The number of hydrogen-bond acceptors (Lipinski definition) is 4. The molecule has 0 radical (unpaired) electrons. The monoisotopic (exact) mass is 298 g/mol. The van der Waals surface area contributed by atoms with Crippen LogP contribution in [-0.2, 0) is 16.1 Å². The summed E-state index contributed by atoms with van der Waals surface area (Å²) in [5.41, 5.74) is 4.64. The van der Waals surface area contributed by atoms with Crippen molar-refractivity contribution in [2.24, 2.45) is 0 Å². The van der Waals surface area contributed by atoms with E-state index in [2.05, 4.69) is 10.2 Å². The number of benzene rings is 1. The standard InChI is InChI=1S/C17H18N2O3/c20-12-5-4-11-9-19(14-6-7-15(21)18-17(14)22)16(13(11)8-12)10-2-1-3-10/h4-5,8,14,20H,1-3,6-7,9H2,(H,18,21,22). The number of hydrogen-bond donors (Lipinski definition) is 2. The molecule has 0 spiro atoms. The number of imide groups is 1. The van der Waals surface area contributed by atoms with Crippen LogP contribution in [0.2, 0.25) is 0 Å². The highest BCUT2D eigenvalue weighted by Gasteiger charge is 2.38. The average Bonchev–Trinajstić information content (AvgIpc) is 2.76. The van der Waals surface area contributed by atoms with E-state index in [0.717, 1.165) is 29.7 Å². The zero-order valence-electron chi connectivity index (χ0n) is 12.3. The van der Waals surface area contributed by atoms with E-state index in [4.69, 9.17) is 0 Å². The lowest BCUT2D eigenvalue weighted by atomic mass is 9.87. The highest BCUT2D eigenvalue weighted by molar-refractivity contribution is 6.01. The van der Waals surface area contributed by atoms with Crippen LogP contribution in [-0.4, -0.2) is 27.9 Å². The molecule has 1 aliphatic carbocycles. The van der Waals surface area contributed by atoms with E-state index in [1.54, 1.807) is 12.1 Å². The molecule has 4 rings (SSSR count). The van der Waals surface area contributed by atoms with E-state index in [-0.39, 0.29) is 23.6 Å². The van der Waals surface area contributed by atoms with Gasteiger partial charge in [0.1, 0.15) is 11.8 Å². The van der Waals surface area contributed by atoms with Gasteiger partial charge in [0.2, 0.25) is 11.8 Å². The first-order chi connectivity index (χ1) is 10.6. The molecule has 1 aromatic rings. The van der Waals surface area contributed by atoms with Crippen molar-refractivity contribution in [3.63, 3.8) is 0 Å². The maximum atomic E-state index is 12.2. The summed E-state index contributed by atoms with van der Waals surface area (Å²) in [5.74, 6) is -0.138. The Labute approximate surface area is 128 Å². The molecule has 5 heteroatoms. The van der Waals surface area contributed by atoms with Crippen LogP contribution in [0.1, 0.15) is 43.2 Å². The molecule has 2 amide bonds. The average molecular weight is 298 g/mol. The number of nitrogens with zero attached hydrogens (tertiary/aromatic N) is 1. The van der Waals surface area contributed by atoms with Crippen molar-refractivity contribution in [1.29, 1.82) is 0 Å². The maximum Gasteiger partial charge on any atom is 0.249 e. The number of phenols is 1. The van der Waals surface area contributed by atoms with E-state index in [1.807, 2.05) is 6.07 Å². The van der Waals surface area contributed by atoms with Crippen LogP contribution in [0.3, 0.4) is 0 Å². The Morgan fingerprint density at radius 2 is 2.00 bits per heavy atom. The molecule has 1 unspecified atom stereocenters. The number of amides is 2. The fourth-order valence-electron chi connectivity index (χ4n) is 3.57. The maximum absolute atomic E-state index is 12.2. The van der Waals surface area contributed by atoms with Crippen LogP contribution in [0.4, 0.5) is 0 Å². The molecule has 2 N–H and O–H groups in total. The third-order valence-electron chi connectivity index (χ3n) is 4.85. The second-order valence-electron chi connectivity index (χ2n) is 6.24. The van der Waals surface area contributed by atoms with Gasteiger partial charge >= 0.3 is 0 Å². The molecule has 2 aliphatic heterocycles. The van der Waals surface area contributed by atoms with E-state index in [0.29, 0.717) is 19.4 Å². The summed E-state index contributed by atoms with van der Waals surface area (Å²) in [6.45, 7) is 0.667. The summed E-state index contributed by atoms with van der Waals surface area (Å²) in [6, 6.07) is 5.11. The van der Waals surface area contributed by atoms with E-state index >= 15 is 0 Å². The number of fused-ring (bicyclic) bond motifs is 1. The van der Waals surface area contributed by atoms with Crippen molar-refractivity contribution < 1.29 is 14.7 Å². The second-order valence-corrected chi connectivity index (χ2v) is 6.24. The van der Waals surface area contributed by atoms with Crippen LogP contribution in [0, 0.1) is 0 Å². The fourth-order valence-corrected chi connectivity index (χ4v) is 3.57. The molecular weight excluding hydrogens is 280 g/mol. The minimum atomic E-state index is -0.296. The molecule has 1 atom stereocenters. The number of aromatic hydroxyl groups is 1. The third-order valence-corrected chi connectivity index (χ3v) is 4.85. The number of allylic oxidation sites excluding steroid dienone is 1. The predicted octanol–water partition coefficient (Wildman–Crippen LogP) is 1.91. The predicted molar refractivity (Wildman–Crippen MR) is 80.6 cm³/mol. The summed E-state index contributed by atoms with van der Waals surface area (Å²) in [6.07, 6.45) is 4.22. The molecule has 2 heterocycles. The second kappa shape index (κ2) is 4.87. The molecule has 0 aromatic heterocycles. The van der Waals surface area contributed by atoms with Crippen LogP contribution in [0.25, 0.3) is 5.70 Å².